The van der Waals surface area contributed by atoms with Crippen LogP contribution in [0.1, 0.15) is 11.1 Å². The van der Waals surface area contributed by atoms with E-state index in [1.54, 1.807) is 13.2 Å². The van der Waals surface area contributed by atoms with Crippen LogP contribution in [0.15, 0.2) is 18.7 Å². The van der Waals surface area contributed by atoms with E-state index in [-0.39, 0.29) is 0 Å². The van der Waals surface area contributed by atoms with Crippen LogP contribution < -0.4 is 9.92 Å². The van der Waals surface area contributed by atoms with Crippen molar-refractivity contribution in [3.8, 4) is 5.75 Å². The highest BCUT2D eigenvalue weighted by Gasteiger charge is 2.03. The first-order valence-corrected chi connectivity index (χ1v) is 4.21. The van der Waals surface area contributed by atoms with Gasteiger partial charge in [-0.15, -0.1) is 0 Å². The molecule has 0 aliphatic heterocycles. The van der Waals surface area contributed by atoms with Crippen LogP contribution in [-0.2, 0) is 0 Å². The van der Waals surface area contributed by atoms with Crippen LogP contribution in [0.4, 0.5) is 0 Å². The monoisotopic (exact) mass is 175 g/mol. The van der Waals surface area contributed by atoms with Crippen LogP contribution in [-0.4, -0.2) is 17.4 Å². The predicted molar refractivity (Wildman–Crippen MR) is 53.2 cm³/mol. The average Bonchev–Trinajstić information content (AvgIpc) is 2.03. The van der Waals surface area contributed by atoms with E-state index in [0.29, 0.717) is 0 Å². The summed E-state index contributed by atoms with van der Waals surface area (Å²) in [4.78, 5) is 0. The third-order valence-electron chi connectivity index (χ3n) is 1.73. The summed E-state index contributed by atoms with van der Waals surface area (Å²) in [6.07, 6.45) is 1.79. The molecular formula is C10H11OSi. The Labute approximate surface area is 76.5 Å². The van der Waals surface area contributed by atoms with Gasteiger partial charge in [-0.25, -0.2) is 0 Å². The first kappa shape index (κ1) is 9.07. The maximum Gasteiger partial charge on any atom is 0.128 e. The van der Waals surface area contributed by atoms with Gasteiger partial charge in [-0.3, -0.25) is 0 Å². The van der Waals surface area contributed by atoms with Gasteiger partial charge in [0.15, 0.2) is 0 Å². The normalized spacial score (nSPS) is 9.58. The van der Waals surface area contributed by atoms with Crippen molar-refractivity contribution in [3.05, 3.63) is 29.8 Å². The largest absolute Gasteiger partial charge is 0.496 e. The lowest BCUT2D eigenvalue weighted by Crippen LogP contribution is -2.05. The molecule has 2 heteroatoms. The maximum absolute atomic E-state index is 5.23. The van der Waals surface area contributed by atoms with Gasteiger partial charge >= 0.3 is 0 Å². The SMILES string of the molecule is C=Cc1cc([Si])cc(C)c1OC. The summed E-state index contributed by atoms with van der Waals surface area (Å²) in [6.45, 7) is 5.73. The van der Waals surface area contributed by atoms with Crippen molar-refractivity contribution in [2.45, 2.75) is 6.92 Å². The number of benzene rings is 1. The first-order valence-electron chi connectivity index (χ1n) is 3.71. The molecule has 1 aromatic rings. The smallest absolute Gasteiger partial charge is 0.128 e. The van der Waals surface area contributed by atoms with Gasteiger partial charge in [0.05, 0.1) is 17.4 Å². The van der Waals surface area contributed by atoms with Gasteiger partial charge in [-0.05, 0) is 12.5 Å². The molecule has 0 spiro atoms. The minimum absolute atomic E-state index is 0.895. The van der Waals surface area contributed by atoms with Crippen molar-refractivity contribution in [2.24, 2.45) is 0 Å². The molecule has 0 saturated heterocycles. The highest BCUT2D eigenvalue weighted by atomic mass is 28.1. The standard InChI is InChI=1S/C10H11OSi/c1-4-8-6-9(12)5-7(2)10(8)11-3/h4-6H,1H2,2-3H3. The molecule has 0 fully saturated rings. The number of hydrogen-bond donors (Lipinski definition) is 0. The van der Waals surface area contributed by atoms with Gasteiger partial charge in [0.2, 0.25) is 0 Å². The number of ether oxygens (including phenoxy) is 1. The van der Waals surface area contributed by atoms with E-state index in [9.17, 15) is 0 Å². The predicted octanol–water partition coefficient (Wildman–Crippen LogP) is 1.44. The lowest BCUT2D eigenvalue weighted by molar-refractivity contribution is 0.411. The molecule has 0 unspecified atom stereocenters. The zero-order valence-corrected chi connectivity index (χ0v) is 8.35. The van der Waals surface area contributed by atoms with Crippen LogP contribution in [0.5, 0.6) is 5.75 Å². The zero-order chi connectivity index (χ0) is 9.14. The molecule has 1 rings (SSSR count). The van der Waals surface area contributed by atoms with Gasteiger partial charge in [0.1, 0.15) is 5.75 Å². The Bertz CT molecular complexity index is 305. The van der Waals surface area contributed by atoms with Gasteiger partial charge in [-0.2, -0.15) is 0 Å². The van der Waals surface area contributed by atoms with E-state index in [0.717, 1.165) is 22.1 Å². The van der Waals surface area contributed by atoms with Crippen molar-refractivity contribution in [1.82, 2.24) is 0 Å². The second-order valence-corrected chi connectivity index (χ2v) is 3.20. The van der Waals surface area contributed by atoms with Gasteiger partial charge < -0.3 is 4.74 Å². The van der Waals surface area contributed by atoms with Crippen molar-refractivity contribution < 1.29 is 4.74 Å². The average molecular weight is 175 g/mol. The molecule has 0 atom stereocenters. The number of rotatable bonds is 2. The fraction of sp³-hybridized carbons (Fsp3) is 0.200. The Hall–Kier alpha value is -1.02. The van der Waals surface area contributed by atoms with E-state index >= 15 is 0 Å². The molecule has 0 amide bonds. The molecule has 0 saturated carbocycles. The summed E-state index contributed by atoms with van der Waals surface area (Å²) in [5.74, 6) is 0.895. The molecule has 0 N–H and O–H groups in total. The van der Waals surface area contributed by atoms with Gasteiger partial charge in [0.25, 0.3) is 0 Å². The third kappa shape index (κ3) is 1.59. The Kier molecular flexibility index (Phi) is 2.71. The van der Waals surface area contributed by atoms with E-state index in [1.165, 1.54) is 0 Å². The Morgan fingerprint density at radius 3 is 2.67 bits per heavy atom. The maximum atomic E-state index is 5.23. The fourth-order valence-corrected chi connectivity index (χ4v) is 1.60. The van der Waals surface area contributed by atoms with Crippen LogP contribution >= 0.6 is 0 Å². The highest BCUT2D eigenvalue weighted by molar-refractivity contribution is 6.32. The summed E-state index contributed by atoms with van der Waals surface area (Å²) in [5, 5.41) is 1.04. The number of methoxy groups -OCH3 is 1. The molecule has 0 heterocycles. The van der Waals surface area contributed by atoms with E-state index in [1.807, 2.05) is 19.1 Å². The minimum atomic E-state index is 0.895. The Balaban J connectivity index is 3.33. The number of aryl methyl sites for hydroxylation is 1. The van der Waals surface area contributed by atoms with Crippen LogP contribution in [0.3, 0.4) is 0 Å². The first-order chi connectivity index (χ1) is 5.69. The molecule has 0 aliphatic carbocycles. The molecule has 12 heavy (non-hydrogen) atoms. The molecule has 0 bridgehead atoms. The molecular weight excluding hydrogens is 164 g/mol. The highest BCUT2D eigenvalue weighted by Crippen LogP contribution is 2.22. The summed E-state index contributed by atoms with van der Waals surface area (Å²) in [7, 11) is 5.13. The Morgan fingerprint density at radius 2 is 2.17 bits per heavy atom. The van der Waals surface area contributed by atoms with E-state index in [2.05, 4.69) is 16.8 Å². The molecule has 1 aromatic carbocycles. The summed E-state index contributed by atoms with van der Waals surface area (Å²) >= 11 is 0. The molecule has 0 aliphatic rings. The second kappa shape index (κ2) is 3.58. The van der Waals surface area contributed by atoms with Crippen molar-refractivity contribution in [2.75, 3.05) is 7.11 Å². The second-order valence-electron chi connectivity index (χ2n) is 2.62. The minimum Gasteiger partial charge on any atom is -0.496 e. The lowest BCUT2D eigenvalue weighted by atomic mass is 10.1. The molecule has 0 aromatic heterocycles. The third-order valence-corrected chi connectivity index (χ3v) is 2.02. The quantitative estimate of drug-likeness (QED) is 0.618. The van der Waals surface area contributed by atoms with Crippen LogP contribution in [0.2, 0.25) is 0 Å². The van der Waals surface area contributed by atoms with E-state index < -0.39 is 0 Å². The number of hydrogen-bond acceptors (Lipinski definition) is 1. The zero-order valence-electron chi connectivity index (χ0n) is 7.35. The molecule has 61 valence electrons. The molecule has 1 nitrogen and oxygen atoms in total. The van der Waals surface area contributed by atoms with Gasteiger partial charge in [-0.1, -0.05) is 30.0 Å². The van der Waals surface area contributed by atoms with Crippen molar-refractivity contribution in [3.63, 3.8) is 0 Å². The van der Waals surface area contributed by atoms with Crippen molar-refractivity contribution in [1.29, 1.82) is 0 Å². The van der Waals surface area contributed by atoms with Crippen LogP contribution in [0.25, 0.3) is 6.08 Å². The fourth-order valence-electron chi connectivity index (χ4n) is 1.23. The summed E-state index contributed by atoms with van der Waals surface area (Å²) in [5.41, 5.74) is 2.13. The summed E-state index contributed by atoms with van der Waals surface area (Å²) in [6, 6.07) is 4.00. The van der Waals surface area contributed by atoms with Crippen molar-refractivity contribution >= 4 is 21.5 Å². The molecule has 3 radical (unpaired) electrons. The summed E-state index contributed by atoms with van der Waals surface area (Å²) < 4.78 is 5.23. The Morgan fingerprint density at radius 1 is 1.50 bits per heavy atom. The van der Waals surface area contributed by atoms with Gasteiger partial charge in [0, 0.05) is 5.56 Å². The van der Waals surface area contributed by atoms with E-state index in [4.69, 9.17) is 4.74 Å². The lowest BCUT2D eigenvalue weighted by Gasteiger charge is -2.09. The van der Waals surface area contributed by atoms with Crippen LogP contribution in [0, 0.1) is 6.92 Å². The topological polar surface area (TPSA) is 9.23 Å².